The lowest BCUT2D eigenvalue weighted by atomic mass is 10.1. The molecule has 1 aliphatic carbocycles. The van der Waals surface area contributed by atoms with Gasteiger partial charge >= 0.3 is 6.01 Å². The Balaban J connectivity index is 1.26. The third-order valence-corrected chi connectivity index (χ3v) is 10.0. The van der Waals surface area contributed by atoms with Crippen LogP contribution < -0.4 is 15.1 Å². The number of piperazine rings is 1. The highest BCUT2D eigenvalue weighted by molar-refractivity contribution is 7.90. The van der Waals surface area contributed by atoms with Crippen LogP contribution in [0.25, 0.3) is 0 Å². The van der Waals surface area contributed by atoms with Gasteiger partial charge in [-0.25, -0.2) is 18.9 Å². The minimum Gasteiger partial charge on any atom is -0.462 e. The van der Waals surface area contributed by atoms with Crippen LogP contribution in [0.1, 0.15) is 47.7 Å². The topological polar surface area (TPSA) is 111 Å². The molecule has 3 aliphatic heterocycles. The van der Waals surface area contributed by atoms with E-state index >= 15 is 0 Å². The number of hydrogen-bond donors (Lipinski definition) is 1. The fraction of sp³-hybridized carbons (Fsp3) is 0.567. The number of hydrazine groups is 1. The second-order valence-corrected chi connectivity index (χ2v) is 14.2. The number of aromatic nitrogens is 2. The van der Waals surface area contributed by atoms with Crippen LogP contribution in [-0.4, -0.2) is 103 Å². The number of sulfone groups is 1. The molecule has 0 saturated carbocycles. The van der Waals surface area contributed by atoms with Gasteiger partial charge in [-0.3, -0.25) is 4.79 Å². The standard InChI is InChI=1S/C30H41N7O4S/c1-4-28(38)37-15-14-35(16-23(37)20-42(3,39)40)29-25-17-36(33-26-12-11-21-8-5-6-10-24(21)26)18-27(25)31-30(32-29)41-19-22-9-7-13-34(22)2/h4-6,8,10,22-23,26,33H,1,7,9,11-20H2,2-3H3/t22-,23+,26?/m0/s1. The number of benzene rings is 1. The van der Waals surface area contributed by atoms with E-state index in [0.717, 1.165) is 49.3 Å². The second-order valence-electron chi connectivity index (χ2n) is 12.0. The van der Waals surface area contributed by atoms with Crippen LogP contribution in [0.15, 0.2) is 36.9 Å². The summed E-state index contributed by atoms with van der Waals surface area (Å²) in [6, 6.07) is 9.01. The van der Waals surface area contributed by atoms with Gasteiger partial charge in [0.2, 0.25) is 5.91 Å². The lowest BCUT2D eigenvalue weighted by Gasteiger charge is -2.41. The van der Waals surface area contributed by atoms with Gasteiger partial charge in [-0.15, -0.1) is 0 Å². The molecule has 226 valence electrons. The van der Waals surface area contributed by atoms with Crippen molar-refractivity contribution in [3.05, 3.63) is 59.3 Å². The van der Waals surface area contributed by atoms with Crippen molar-refractivity contribution in [1.82, 2.24) is 30.2 Å². The van der Waals surface area contributed by atoms with E-state index in [4.69, 9.17) is 14.7 Å². The first-order valence-corrected chi connectivity index (χ1v) is 16.9. The van der Waals surface area contributed by atoms with Crippen LogP contribution >= 0.6 is 0 Å². The van der Waals surface area contributed by atoms with Crippen molar-refractivity contribution in [3.63, 3.8) is 0 Å². The molecule has 6 rings (SSSR count). The summed E-state index contributed by atoms with van der Waals surface area (Å²) in [5.74, 6) is 0.380. The molecule has 3 atom stereocenters. The predicted octanol–water partition coefficient (Wildman–Crippen LogP) is 1.71. The summed E-state index contributed by atoms with van der Waals surface area (Å²) in [4.78, 5) is 28.4. The number of rotatable bonds is 9. The number of likely N-dealkylation sites (tertiary alicyclic amines) is 1. The van der Waals surface area contributed by atoms with Gasteiger partial charge < -0.3 is 19.4 Å². The van der Waals surface area contributed by atoms with Gasteiger partial charge in [0.25, 0.3) is 0 Å². The largest absolute Gasteiger partial charge is 0.462 e. The summed E-state index contributed by atoms with van der Waals surface area (Å²) in [7, 11) is -1.21. The van der Waals surface area contributed by atoms with Gasteiger partial charge in [-0.1, -0.05) is 30.8 Å². The Morgan fingerprint density at radius 2 is 1.98 bits per heavy atom. The lowest BCUT2D eigenvalue weighted by Crippen LogP contribution is -2.57. The maximum atomic E-state index is 12.6. The number of aryl methyl sites for hydroxylation is 1. The highest BCUT2D eigenvalue weighted by Crippen LogP contribution is 2.35. The molecule has 0 spiro atoms. The number of carbonyl (C=O) groups is 1. The van der Waals surface area contributed by atoms with Gasteiger partial charge in [0.1, 0.15) is 22.3 Å². The molecule has 2 aromatic rings. The fourth-order valence-corrected chi connectivity index (χ4v) is 7.84. The normalized spacial score (nSPS) is 24.6. The van der Waals surface area contributed by atoms with Gasteiger partial charge in [-0.05, 0) is 56.5 Å². The van der Waals surface area contributed by atoms with E-state index in [9.17, 15) is 13.2 Å². The minimum absolute atomic E-state index is 0.123. The Morgan fingerprint density at radius 3 is 2.74 bits per heavy atom. The molecule has 42 heavy (non-hydrogen) atoms. The average Bonchev–Trinajstić information content (AvgIpc) is 3.68. The van der Waals surface area contributed by atoms with Gasteiger partial charge in [0.15, 0.2) is 0 Å². The third kappa shape index (κ3) is 6.17. The van der Waals surface area contributed by atoms with Crippen molar-refractivity contribution in [3.8, 4) is 6.01 Å². The number of nitrogens with zero attached hydrogens (tertiary/aromatic N) is 6. The Kier molecular flexibility index (Phi) is 8.23. The molecule has 1 amide bonds. The van der Waals surface area contributed by atoms with Crippen molar-refractivity contribution in [2.24, 2.45) is 0 Å². The van der Waals surface area contributed by atoms with E-state index in [1.54, 1.807) is 4.90 Å². The molecule has 12 heteroatoms. The van der Waals surface area contributed by atoms with Gasteiger partial charge in [0.05, 0.1) is 24.0 Å². The molecule has 1 aromatic heterocycles. The third-order valence-electron chi connectivity index (χ3n) is 9.02. The molecule has 11 nitrogen and oxygen atoms in total. The second kappa shape index (κ2) is 11.9. The smallest absolute Gasteiger partial charge is 0.318 e. The summed E-state index contributed by atoms with van der Waals surface area (Å²) >= 11 is 0. The Labute approximate surface area is 248 Å². The summed E-state index contributed by atoms with van der Waals surface area (Å²) in [5.41, 5.74) is 8.40. The zero-order valence-electron chi connectivity index (χ0n) is 24.5. The highest BCUT2D eigenvalue weighted by Gasteiger charge is 2.36. The molecule has 2 fully saturated rings. The number of amides is 1. The SMILES string of the molecule is C=CC(=O)N1CCN(c2nc(OC[C@@H]3CCCN3C)nc3c2CN(NC2CCc4ccccc42)C3)C[C@@H]1CS(C)(=O)=O. The van der Waals surface area contributed by atoms with Crippen molar-refractivity contribution in [1.29, 1.82) is 0 Å². The van der Waals surface area contributed by atoms with E-state index in [-0.39, 0.29) is 17.7 Å². The monoisotopic (exact) mass is 595 g/mol. The Bertz CT molecular complexity index is 1450. The number of hydrogen-bond acceptors (Lipinski definition) is 10. The van der Waals surface area contributed by atoms with Crippen molar-refractivity contribution >= 4 is 21.6 Å². The predicted molar refractivity (Wildman–Crippen MR) is 161 cm³/mol. The van der Waals surface area contributed by atoms with E-state index in [1.807, 2.05) is 0 Å². The first kappa shape index (κ1) is 29.0. The fourth-order valence-electron chi connectivity index (χ4n) is 6.85. The zero-order chi connectivity index (χ0) is 29.4. The average molecular weight is 596 g/mol. The summed E-state index contributed by atoms with van der Waals surface area (Å²) in [6.45, 7) is 7.70. The number of carbonyl (C=O) groups excluding carboxylic acids is 1. The highest BCUT2D eigenvalue weighted by atomic mass is 32.2. The molecule has 0 bridgehead atoms. The molecule has 4 aliphatic rings. The first-order chi connectivity index (χ1) is 20.2. The molecule has 1 aromatic carbocycles. The number of nitrogens with one attached hydrogen (secondary N) is 1. The first-order valence-electron chi connectivity index (χ1n) is 14.9. The molecule has 1 unspecified atom stereocenters. The van der Waals surface area contributed by atoms with E-state index in [0.29, 0.717) is 51.4 Å². The quantitative estimate of drug-likeness (QED) is 0.430. The van der Waals surface area contributed by atoms with Crippen LogP contribution in [0, 0.1) is 0 Å². The van der Waals surface area contributed by atoms with Crippen LogP contribution in [0.5, 0.6) is 6.01 Å². The van der Waals surface area contributed by atoms with Crippen LogP contribution in [-0.2, 0) is 34.1 Å². The summed E-state index contributed by atoms with van der Waals surface area (Å²) < 4.78 is 30.9. The molecule has 2 saturated heterocycles. The minimum atomic E-state index is -3.33. The summed E-state index contributed by atoms with van der Waals surface area (Å²) in [5, 5.41) is 2.20. The molecular formula is C30H41N7O4S. The van der Waals surface area contributed by atoms with E-state index < -0.39 is 15.9 Å². The Morgan fingerprint density at radius 1 is 1.14 bits per heavy atom. The molecule has 0 radical (unpaired) electrons. The van der Waals surface area contributed by atoms with E-state index in [2.05, 4.69) is 58.1 Å². The maximum absolute atomic E-state index is 12.6. The Hall–Kier alpha value is -3.06. The van der Waals surface area contributed by atoms with Crippen molar-refractivity contribution in [2.75, 3.05) is 56.7 Å². The zero-order valence-corrected chi connectivity index (χ0v) is 25.4. The molecule has 4 heterocycles. The lowest BCUT2D eigenvalue weighted by molar-refractivity contribution is -0.128. The number of likely N-dealkylation sites (N-methyl/N-ethyl adjacent to an activating group) is 1. The van der Waals surface area contributed by atoms with Crippen molar-refractivity contribution < 1.29 is 17.9 Å². The number of ether oxygens (including phenoxy) is 1. The maximum Gasteiger partial charge on any atom is 0.318 e. The summed E-state index contributed by atoms with van der Waals surface area (Å²) in [6.07, 6.45) is 6.80. The van der Waals surface area contributed by atoms with Gasteiger partial charge in [0, 0.05) is 50.1 Å². The number of fused-ring (bicyclic) bond motifs is 2. The molecule has 1 N–H and O–H groups in total. The van der Waals surface area contributed by atoms with E-state index in [1.165, 1.54) is 23.5 Å². The van der Waals surface area contributed by atoms with Gasteiger partial charge in [-0.2, -0.15) is 9.97 Å². The van der Waals surface area contributed by atoms with Crippen LogP contribution in [0.4, 0.5) is 5.82 Å². The number of anilines is 1. The van der Waals surface area contributed by atoms with Crippen molar-refractivity contribution in [2.45, 2.75) is 56.9 Å². The van der Waals surface area contributed by atoms with Crippen LogP contribution in [0.2, 0.25) is 0 Å². The van der Waals surface area contributed by atoms with Crippen LogP contribution in [0.3, 0.4) is 0 Å². The molecular weight excluding hydrogens is 554 g/mol.